The summed E-state index contributed by atoms with van der Waals surface area (Å²) in [5.41, 5.74) is 0.850. The van der Waals surface area contributed by atoms with Crippen LogP contribution in [0.1, 0.15) is 44.1 Å². The monoisotopic (exact) mass is 430 g/mol. The number of nitrogens with one attached hydrogen (secondary N) is 1. The van der Waals surface area contributed by atoms with Gasteiger partial charge in [-0.1, -0.05) is 35.1 Å². The lowest BCUT2D eigenvalue weighted by molar-refractivity contribution is 0.0734. The number of anilines is 1. The number of amides is 2. The lowest BCUT2D eigenvalue weighted by Gasteiger charge is -2.22. The van der Waals surface area contributed by atoms with Gasteiger partial charge in [-0.15, -0.1) is 10.2 Å². The van der Waals surface area contributed by atoms with E-state index in [2.05, 4.69) is 15.5 Å². The Kier molecular flexibility index (Phi) is 5.55. The molecule has 3 aromatic rings. The molecular weight excluding hydrogens is 415 g/mol. The molecule has 2 amide bonds. The van der Waals surface area contributed by atoms with Gasteiger partial charge in [0.25, 0.3) is 11.8 Å². The van der Waals surface area contributed by atoms with Gasteiger partial charge in [-0.3, -0.25) is 9.59 Å². The van der Waals surface area contributed by atoms with Crippen molar-refractivity contribution in [2.24, 2.45) is 0 Å². The van der Waals surface area contributed by atoms with E-state index in [1.165, 1.54) is 18.2 Å². The minimum Gasteiger partial charge on any atom is -0.329 e. The van der Waals surface area contributed by atoms with Crippen LogP contribution in [-0.2, 0) is 0 Å². The fraction of sp³-hybridized carbons (Fsp3) is 0.200. The van der Waals surface area contributed by atoms with Gasteiger partial charge >= 0.3 is 0 Å². The quantitative estimate of drug-likeness (QED) is 0.658. The lowest BCUT2D eigenvalue weighted by atomic mass is 10.1. The van der Waals surface area contributed by atoms with E-state index < -0.39 is 11.7 Å². The van der Waals surface area contributed by atoms with E-state index in [1.807, 2.05) is 0 Å². The van der Waals surface area contributed by atoms with Gasteiger partial charge < -0.3 is 10.2 Å². The first kappa shape index (κ1) is 19.5. The maximum Gasteiger partial charge on any atom is 0.286 e. The first-order valence-corrected chi connectivity index (χ1v) is 10.2. The zero-order chi connectivity index (χ0) is 20.4. The van der Waals surface area contributed by atoms with E-state index in [0.717, 1.165) is 17.8 Å². The second-order valence-corrected chi connectivity index (χ2v) is 8.02. The molecule has 0 bridgehead atoms. The van der Waals surface area contributed by atoms with Crippen LogP contribution >= 0.6 is 22.9 Å². The van der Waals surface area contributed by atoms with Gasteiger partial charge in [-0.05, 0) is 49.2 Å². The predicted molar refractivity (Wildman–Crippen MR) is 109 cm³/mol. The summed E-state index contributed by atoms with van der Waals surface area (Å²) in [6.45, 7) is 0.545. The van der Waals surface area contributed by atoms with E-state index in [1.54, 1.807) is 35.2 Å². The number of carbonyl (C=O) groups excluding carboxylic acids is 2. The molecule has 1 atom stereocenters. The molecule has 4 rings (SSSR count). The molecule has 0 unspecified atom stereocenters. The molecule has 2 aromatic carbocycles. The Bertz CT molecular complexity index is 1070. The second kappa shape index (κ2) is 8.26. The zero-order valence-corrected chi connectivity index (χ0v) is 16.7. The first-order valence-electron chi connectivity index (χ1n) is 8.98. The number of hydrogen-bond donors (Lipinski definition) is 1. The Morgan fingerprint density at radius 2 is 2.00 bits per heavy atom. The van der Waals surface area contributed by atoms with Gasteiger partial charge in [0.2, 0.25) is 5.01 Å². The van der Waals surface area contributed by atoms with Crippen molar-refractivity contribution in [1.29, 1.82) is 0 Å². The van der Waals surface area contributed by atoms with E-state index in [4.69, 9.17) is 11.6 Å². The van der Waals surface area contributed by atoms with Gasteiger partial charge in [0.15, 0.2) is 0 Å². The minimum atomic E-state index is -0.456. The lowest BCUT2D eigenvalue weighted by Crippen LogP contribution is -2.30. The Morgan fingerprint density at radius 1 is 1.17 bits per heavy atom. The van der Waals surface area contributed by atoms with E-state index >= 15 is 0 Å². The fourth-order valence-electron chi connectivity index (χ4n) is 3.27. The number of likely N-dealkylation sites (tertiary alicyclic amines) is 1. The maximum absolute atomic E-state index is 13.5. The number of rotatable bonds is 4. The van der Waals surface area contributed by atoms with E-state index in [9.17, 15) is 14.0 Å². The molecule has 1 N–H and O–H groups in total. The van der Waals surface area contributed by atoms with Crippen LogP contribution in [0.4, 0.5) is 10.1 Å². The highest BCUT2D eigenvalue weighted by Gasteiger charge is 2.33. The molecule has 6 nitrogen and oxygen atoms in total. The summed E-state index contributed by atoms with van der Waals surface area (Å²) in [6.07, 6.45) is 1.51. The van der Waals surface area contributed by atoms with Crippen LogP contribution in [0.25, 0.3) is 0 Å². The molecule has 29 heavy (non-hydrogen) atoms. The second-order valence-electron chi connectivity index (χ2n) is 6.58. The van der Waals surface area contributed by atoms with Crippen LogP contribution in [-0.4, -0.2) is 33.5 Å². The largest absolute Gasteiger partial charge is 0.329 e. The third-order valence-corrected chi connectivity index (χ3v) is 5.85. The molecule has 1 saturated heterocycles. The molecule has 1 aliphatic rings. The molecule has 1 aromatic heterocycles. The predicted octanol–water partition coefficient (Wildman–Crippen LogP) is 4.56. The number of nitrogens with zero attached hydrogens (tertiary/aromatic N) is 3. The van der Waals surface area contributed by atoms with Gasteiger partial charge in [-0.25, -0.2) is 4.39 Å². The average Bonchev–Trinajstić information content (AvgIpc) is 3.37. The van der Waals surface area contributed by atoms with Crippen LogP contribution in [0.2, 0.25) is 5.02 Å². The topological polar surface area (TPSA) is 75.2 Å². The molecule has 1 aliphatic heterocycles. The van der Waals surface area contributed by atoms with Crippen molar-refractivity contribution in [3.8, 4) is 0 Å². The van der Waals surface area contributed by atoms with Crippen molar-refractivity contribution in [2.75, 3.05) is 11.9 Å². The smallest absolute Gasteiger partial charge is 0.286 e. The Balaban J connectivity index is 1.50. The summed E-state index contributed by atoms with van der Waals surface area (Å²) >= 11 is 7.08. The van der Waals surface area contributed by atoms with Gasteiger partial charge in [0.05, 0.1) is 6.04 Å². The molecule has 0 saturated carbocycles. The van der Waals surface area contributed by atoms with Gasteiger partial charge in [-0.2, -0.15) is 0 Å². The number of benzene rings is 2. The summed E-state index contributed by atoms with van der Waals surface area (Å²) in [6, 6.07) is 12.1. The van der Waals surface area contributed by atoms with Crippen LogP contribution in [0.3, 0.4) is 0 Å². The van der Waals surface area contributed by atoms with Gasteiger partial charge in [0, 0.05) is 22.8 Å². The minimum absolute atomic E-state index is 0.199. The molecule has 0 spiro atoms. The Labute approximate surface area is 175 Å². The van der Waals surface area contributed by atoms with Crippen molar-refractivity contribution in [1.82, 2.24) is 15.1 Å². The first-order chi connectivity index (χ1) is 14.0. The zero-order valence-electron chi connectivity index (χ0n) is 15.1. The van der Waals surface area contributed by atoms with Crippen molar-refractivity contribution in [3.63, 3.8) is 0 Å². The summed E-state index contributed by atoms with van der Waals surface area (Å²) in [5.74, 6) is -1.10. The molecule has 148 valence electrons. The molecular formula is C20H16ClFN4O2S. The number of halogens is 2. The molecule has 0 radical (unpaired) electrons. The number of carbonyl (C=O) groups is 2. The van der Waals surface area contributed by atoms with Crippen molar-refractivity contribution in [2.45, 2.75) is 18.9 Å². The SMILES string of the molecule is O=C(Nc1cccc(Cl)c1)c1nnc([C@@H]2CCCN2C(=O)c2cccc(F)c2)s1. The third kappa shape index (κ3) is 4.28. The maximum atomic E-state index is 13.5. The van der Waals surface area contributed by atoms with E-state index in [-0.39, 0.29) is 17.0 Å². The summed E-state index contributed by atoms with van der Waals surface area (Å²) < 4.78 is 13.5. The van der Waals surface area contributed by atoms with Crippen LogP contribution in [0, 0.1) is 5.82 Å². The van der Waals surface area contributed by atoms with Crippen molar-refractivity contribution >= 4 is 40.4 Å². The Hall–Kier alpha value is -2.84. The summed E-state index contributed by atoms with van der Waals surface area (Å²) in [5, 5.41) is 12.2. The molecule has 1 fully saturated rings. The number of hydrogen-bond acceptors (Lipinski definition) is 5. The summed E-state index contributed by atoms with van der Waals surface area (Å²) in [7, 11) is 0. The van der Waals surface area contributed by atoms with E-state index in [0.29, 0.717) is 34.2 Å². The van der Waals surface area contributed by atoms with Crippen LogP contribution in [0.5, 0.6) is 0 Å². The Morgan fingerprint density at radius 3 is 2.79 bits per heavy atom. The molecule has 2 heterocycles. The van der Waals surface area contributed by atoms with Crippen LogP contribution in [0.15, 0.2) is 48.5 Å². The van der Waals surface area contributed by atoms with Crippen molar-refractivity contribution in [3.05, 3.63) is 74.9 Å². The highest BCUT2D eigenvalue weighted by atomic mass is 35.5. The standard InChI is InChI=1S/C20H16ClFN4O2S/c21-13-5-2-7-15(11-13)23-17(27)19-25-24-18(29-19)16-8-3-9-26(16)20(28)12-4-1-6-14(22)10-12/h1-2,4-7,10-11,16H,3,8-9H2,(H,23,27)/t16-/m0/s1. The highest BCUT2D eigenvalue weighted by molar-refractivity contribution is 7.13. The van der Waals surface area contributed by atoms with Crippen LogP contribution < -0.4 is 5.32 Å². The third-order valence-electron chi connectivity index (χ3n) is 4.59. The molecule has 0 aliphatic carbocycles. The highest BCUT2D eigenvalue weighted by Crippen LogP contribution is 2.35. The van der Waals surface area contributed by atoms with Crippen molar-refractivity contribution < 1.29 is 14.0 Å². The molecule has 9 heteroatoms. The van der Waals surface area contributed by atoms with Gasteiger partial charge in [0.1, 0.15) is 10.8 Å². The normalized spacial score (nSPS) is 16.1. The summed E-state index contributed by atoms with van der Waals surface area (Å²) in [4.78, 5) is 26.9. The fourth-order valence-corrected chi connectivity index (χ4v) is 4.34. The average molecular weight is 431 g/mol. The number of aromatic nitrogens is 2.